The van der Waals surface area contributed by atoms with Crippen LogP contribution in [0, 0.1) is 10.5 Å². The van der Waals surface area contributed by atoms with Gasteiger partial charge in [-0.3, -0.25) is 5.10 Å². The molecule has 0 amide bonds. The summed E-state index contributed by atoms with van der Waals surface area (Å²) in [5.41, 5.74) is 11.4. The predicted octanol–water partition coefficient (Wildman–Crippen LogP) is 4.24. The van der Waals surface area contributed by atoms with Crippen LogP contribution in [0.1, 0.15) is 5.56 Å². The molecule has 0 unspecified atom stereocenters. The summed E-state index contributed by atoms with van der Waals surface area (Å²) in [7, 11) is 0. The molecule has 1 aromatic heterocycles. The summed E-state index contributed by atoms with van der Waals surface area (Å²) in [6, 6.07) is 16.6. The number of nitrogens with two attached hydrogens (primary N) is 1. The highest BCUT2D eigenvalue weighted by atomic mass is 127. The highest BCUT2D eigenvalue weighted by molar-refractivity contribution is 14.1. The van der Waals surface area contributed by atoms with Crippen LogP contribution in [0.3, 0.4) is 0 Å². The van der Waals surface area contributed by atoms with Crippen LogP contribution >= 0.6 is 22.6 Å². The molecule has 0 atom stereocenters. The molecule has 3 nitrogen and oxygen atoms in total. The lowest BCUT2D eigenvalue weighted by Crippen LogP contribution is -1.89. The Balaban J connectivity index is 2.17. The molecule has 0 saturated heterocycles. The van der Waals surface area contributed by atoms with Gasteiger partial charge in [-0.1, -0.05) is 42.0 Å². The first-order valence-electron chi connectivity index (χ1n) is 6.32. The van der Waals surface area contributed by atoms with Gasteiger partial charge in [-0.15, -0.1) is 0 Å². The average molecular weight is 375 g/mol. The van der Waals surface area contributed by atoms with Crippen molar-refractivity contribution >= 4 is 28.4 Å². The zero-order valence-corrected chi connectivity index (χ0v) is 13.2. The first kappa shape index (κ1) is 13.2. The molecule has 0 spiro atoms. The Morgan fingerprint density at radius 3 is 2.50 bits per heavy atom. The van der Waals surface area contributed by atoms with Gasteiger partial charge in [-0.05, 0) is 47.2 Å². The Morgan fingerprint density at radius 2 is 1.80 bits per heavy atom. The van der Waals surface area contributed by atoms with Crippen molar-refractivity contribution in [2.75, 3.05) is 5.73 Å². The molecule has 0 fully saturated rings. The number of aromatic amines is 1. The van der Waals surface area contributed by atoms with Gasteiger partial charge in [-0.25, -0.2) is 0 Å². The number of halogens is 1. The second-order valence-electron chi connectivity index (χ2n) is 4.74. The summed E-state index contributed by atoms with van der Waals surface area (Å²) >= 11 is 2.30. The minimum atomic E-state index is 0.532. The molecule has 20 heavy (non-hydrogen) atoms. The first-order chi connectivity index (χ1) is 9.65. The van der Waals surface area contributed by atoms with Gasteiger partial charge in [0, 0.05) is 9.13 Å². The maximum Gasteiger partial charge on any atom is 0.153 e. The van der Waals surface area contributed by atoms with Gasteiger partial charge in [0.05, 0.1) is 11.3 Å². The van der Waals surface area contributed by atoms with E-state index in [-0.39, 0.29) is 0 Å². The van der Waals surface area contributed by atoms with Crippen LogP contribution in [0.25, 0.3) is 22.4 Å². The van der Waals surface area contributed by atoms with E-state index >= 15 is 0 Å². The van der Waals surface area contributed by atoms with Crippen molar-refractivity contribution in [1.29, 1.82) is 0 Å². The zero-order chi connectivity index (χ0) is 14.1. The number of aryl methyl sites for hydroxylation is 1. The molecule has 0 saturated carbocycles. The summed E-state index contributed by atoms with van der Waals surface area (Å²) in [4.78, 5) is 0. The molecule has 4 heteroatoms. The van der Waals surface area contributed by atoms with E-state index in [1.54, 1.807) is 0 Å². The predicted molar refractivity (Wildman–Crippen MR) is 91.3 cm³/mol. The van der Waals surface area contributed by atoms with Crippen LogP contribution in [0.4, 0.5) is 5.82 Å². The van der Waals surface area contributed by atoms with Crippen molar-refractivity contribution in [2.24, 2.45) is 0 Å². The Labute approximate surface area is 131 Å². The maximum atomic E-state index is 6.05. The summed E-state index contributed by atoms with van der Waals surface area (Å²) < 4.78 is 1.20. The summed E-state index contributed by atoms with van der Waals surface area (Å²) in [6.45, 7) is 2.07. The quantitative estimate of drug-likeness (QED) is 0.659. The first-order valence-corrected chi connectivity index (χ1v) is 7.40. The van der Waals surface area contributed by atoms with E-state index in [4.69, 9.17) is 5.73 Å². The smallest absolute Gasteiger partial charge is 0.153 e. The van der Waals surface area contributed by atoms with Gasteiger partial charge >= 0.3 is 0 Å². The van der Waals surface area contributed by atoms with Crippen molar-refractivity contribution in [3.8, 4) is 22.4 Å². The van der Waals surface area contributed by atoms with Crippen LogP contribution < -0.4 is 5.73 Å². The highest BCUT2D eigenvalue weighted by Crippen LogP contribution is 2.35. The molecule has 0 aliphatic heterocycles. The fourth-order valence-electron chi connectivity index (χ4n) is 2.27. The highest BCUT2D eigenvalue weighted by Gasteiger charge is 2.14. The standard InChI is InChI=1S/C16H14IN3/c1-10-3-2-4-12(9-10)14-15(19-20-16(14)18)11-5-7-13(17)8-6-11/h2-9H,1H3,(H3,18,19,20). The van der Waals surface area contributed by atoms with Gasteiger partial charge in [0.2, 0.25) is 0 Å². The Kier molecular flexibility index (Phi) is 3.48. The van der Waals surface area contributed by atoms with Crippen LogP contribution in [0.5, 0.6) is 0 Å². The van der Waals surface area contributed by atoms with Crippen molar-refractivity contribution in [3.63, 3.8) is 0 Å². The van der Waals surface area contributed by atoms with Gasteiger partial charge < -0.3 is 5.73 Å². The number of aromatic nitrogens is 2. The van der Waals surface area contributed by atoms with Crippen molar-refractivity contribution in [3.05, 3.63) is 57.7 Å². The van der Waals surface area contributed by atoms with Gasteiger partial charge in [0.25, 0.3) is 0 Å². The molecule has 0 radical (unpaired) electrons. The van der Waals surface area contributed by atoms with E-state index in [2.05, 4.69) is 82.2 Å². The van der Waals surface area contributed by atoms with Crippen molar-refractivity contribution in [1.82, 2.24) is 10.2 Å². The number of hydrogen-bond acceptors (Lipinski definition) is 2. The Morgan fingerprint density at radius 1 is 1.05 bits per heavy atom. The normalized spacial score (nSPS) is 10.7. The molecule has 3 rings (SSSR count). The molecule has 2 aromatic carbocycles. The molecule has 3 N–H and O–H groups in total. The summed E-state index contributed by atoms with van der Waals surface area (Å²) in [5, 5.41) is 7.22. The number of rotatable bonds is 2. The molecule has 3 aromatic rings. The van der Waals surface area contributed by atoms with Crippen molar-refractivity contribution < 1.29 is 0 Å². The Hall–Kier alpha value is -1.82. The van der Waals surface area contributed by atoms with Crippen LogP contribution in [-0.2, 0) is 0 Å². The molecular formula is C16H14IN3. The van der Waals surface area contributed by atoms with Crippen LogP contribution in [0.2, 0.25) is 0 Å². The molecule has 0 aliphatic carbocycles. The number of anilines is 1. The second kappa shape index (κ2) is 5.28. The van der Waals surface area contributed by atoms with E-state index in [9.17, 15) is 0 Å². The molecule has 1 heterocycles. The zero-order valence-electron chi connectivity index (χ0n) is 11.0. The molecule has 0 aliphatic rings. The number of H-pyrrole nitrogens is 1. The largest absolute Gasteiger partial charge is 0.382 e. The molecule has 0 bridgehead atoms. The van der Waals surface area contributed by atoms with E-state index in [1.165, 1.54) is 9.13 Å². The third kappa shape index (κ3) is 2.43. The minimum Gasteiger partial charge on any atom is -0.382 e. The molecular weight excluding hydrogens is 361 g/mol. The van der Waals surface area contributed by atoms with Gasteiger partial charge in [0.15, 0.2) is 5.82 Å². The summed E-state index contributed by atoms with van der Waals surface area (Å²) in [5.74, 6) is 0.532. The van der Waals surface area contributed by atoms with E-state index in [0.29, 0.717) is 5.82 Å². The number of benzene rings is 2. The SMILES string of the molecule is Cc1cccc(-c2c(N)n[nH]c2-c2ccc(I)cc2)c1. The lowest BCUT2D eigenvalue weighted by molar-refractivity contribution is 1.10. The fourth-order valence-corrected chi connectivity index (χ4v) is 2.63. The van der Waals surface area contributed by atoms with Crippen molar-refractivity contribution in [2.45, 2.75) is 6.92 Å². The lowest BCUT2D eigenvalue weighted by atomic mass is 9.99. The average Bonchev–Trinajstić information content (AvgIpc) is 2.81. The monoisotopic (exact) mass is 375 g/mol. The topological polar surface area (TPSA) is 54.7 Å². The Bertz CT molecular complexity index is 745. The minimum absolute atomic E-state index is 0.532. The van der Waals surface area contributed by atoms with Crippen LogP contribution in [0.15, 0.2) is 48.5 Å². The van der Waals surface area contributed by atoms with E-state index in [1.807, 2.05) is 6.07 Å². The second-order valence-corrected chi connectivity index (χ2v) is 5.98. The lowest BCUT2D eigenvalue weighted by Gasteiger charge is -2.06. The van der Waals surface area contributed by atoms with E-state index < -0.39 is 0 Å². The number of nitrogens with zero attached hydrogens (tertiary/aromatic N) is 1. The third-order valence-electron chi connectivity index (χ3n) is 3.23. The van der Waals surface area contributed by atoms with Gasteiger partial charge in [-0.2, -0.15) is 5.10 Å². The number of nitrogens with one attached hydrogen (secondary N) is 1. The number of hydrogen-bond donors (Lipinski definition) is 2. The molecule has 100 valence electrons. The summed E-state index contributed by atoms with van der Waals surface area (Å²) in [6.07, 6.45) is 0. The number of nitrogen functional groups attached to an aromatic ring is 1. The van der Waals surface area contributed by atoms with E-state index in [0.717, 1.165) is 22.4 Å². The van der Waals surface area contributed by atoms with Crippen LogP contribution in [-0.4, -0.2) is 10.2 Å². The third-order valence-corrected chi connectivity index (χ3v) is 3.95. The fraction of sp³-hybridized carbons (Fsp3) is 0.0625. The maximum absolute atomic E-state index is 6.05. The van der Waals surface area contributed by atoms with Gasteiger partial charge in [0.1, 0.15) is 0 Å².